The number of fused-ring (bicyclic) bond motifs is 1. The van der Waals surface area contributed by atoms with Crippen molar-refractivity contribution in [2.24, 2.45) is 0 Å². The van der Waals surface area contributed by atoms with Crippen LogP contribution in [0.3, 0.4) is 0 Å². The van der Waals surface area contributed by atoms with E-state index >= 15 is 0 Å². The fraction of sp³-hybridized carbons (Fsp3) is 0.182. The molecular formula is C22H20N4O2S2. The molecule has 1 N–H and O–H groups in total. The number of pyridine rings is 1. The molecule has 3 aromatic rings. The third kappa shape index (κ3) is 3.88. The first-order valence-electron chi connectivity index (χ1n) is 9.52. The van der Waals surface area contributed by atoms with Crippen LogP contribution in [-0.4, -0.2) is 30.6 Å². The maximum absolute atomic E-state index is 13.2. The molecule has 1 aliphatic heterocycles. The van der Waals surface area contributed by atoms with Gasteiger partial charge >= 0.3 is 0 Å². The molecule has 0 aliphatic carbocycles. The lowest BCUT2D eigenvalue weighted by Gasteiger charge is -2.18. The van der Waals surface area contributed by atoms with Crippen molar-refractivity contribution in [3.63, 3.8) is 0 Å². The second-order valence-electron chi connectivity index (χ2n) is 7.09. The van der Waals surface area contributed by atoms with Crippen molar-refractivity contribution in [1.29, 1.82) is 0 Å². The molecular weight excluding hydrogens is 416 g/mol. The fourth-order valence-electron chi connectivity index (χ4n) is 3.21. The summed E-state index contributed by atoms with van der Waals surface area (Å²) in [5.41, 5.74) is 1.68. The summed E-state index contributed by atoms with van der Waals surface area (Å²) in [6.07, 6.45) is 3.27. The number of carbonyl (C=O) groups excluding carboxylic acids is 1. The maximum atomic E-state index is 13.2. The number of carbonyl (C=O) groups is 1. The topological polar surface area (TPSA) is 66.7 Å². The molecule has 0 spiro atoms. The Bertz CT molecular complexity index is 1220. The van der Waals surface area contributed by atoms with Gasteiger partial charge in [-0.15, -0.1) is 0 Å². The fourth-order valence-corrected chi connectivity index (χ4v) is 4.71. The van der Waals surface area contributed by atoms with Crippen LogP contribution in [-0.2, 0) is 11.3 Å². The number of thiocarbonyl (C=S) groups is 1. The Balaban J connectivity index is 1.79. The molecule has 2 aromatic heterocycles. The number of benzene rings is 1. The molecule has 1 aliphatic rings. The van der Waals surface area contributed by atoms with E-state index in [9.17, 15) is 9.59 Å². The summed E-state index contributed by atoms with van der Waals surface area (Å²) in [6, 6.07) is 15.2. The molecule has 1 amide bonds. The van der Waals surface area contributed by atoms with Crippen LogP contribution < -0.4 is 10.9 Å². The van der Waals surface area contributed by atoms with E-state index in [0.717, 1.165) is 5.56 Å². The van der Waals surface area contributed by atoms with E-state index < -0.39 is 0 Å². The van der Waals surface area contributed by atoms with Crippen LogP contribution in [0.2, 0.25) is 0 Å². The number of anilines is 1. The predicted octanol–water partition coefficient (Wildman–Crippen LogP) is 3.92. The van der Waals surface area contributed by atoms with E-state index in [1.807, 2.05) is 50.2 Å². The molecule has 152 valence electrons. The molecule has 0 saturated carbocycles. The van der Waals surface area contributed by atoms with E-state index in [1.54, 1.807) is 29.3 Å². The first kappa shape index (κ1) is 20.3. The quantitative estimate of drug-likeness (QED) is 0.483. The molecule has 0 atom stereocenters. The van der Waals surface area contributed by atoms with Gasteiger partial charge in [-0.1, -0.05) is 60.4 Å². The van der Waals surface area contributed by atoms with Crippen molar-refractivity contribution in [3.8, 4) is 0 Å². The molecule has 4 rings (SSSR count). The summed E-state index contributed by atoms with van der Waals surface area (Å²) in [5.74, 6) is 0.247. The number of rotatable bonds is 5. The lowest BCUT2D eigenvalue weighted by atomic mass is 10.2. The Morgan fingerprint density at radius 3 is 2.57 bits per heavy atom. The number of nitrogens with one attached hydrogen (secondary N) is 1. The zero-order valence-electron chi connectivity index (χ0n) is 16.5. The number of amides is 1. The van der Waals surface area contributed by atoms with Gasteiger partial charge in [-0.3, -0.25) is 18.9 Å². The lowest BCUT2D eigenvalue weighted by Crippen LogP contribution is -2.34. The second-order valence-corrected chi connectivity index (χ2v) is 8.77. The van der Waals surface area contributed by atoms with Gasteiger partial charge in [0.15, 0.2) is 0 Å². The van der Waals surface area contributed by atoms with Gasteiger partial charge in [0.2, 0.25) is 0 Å². The third-order valence-corrected chi connectivity index (χ3v) is 6.02. The van der Waals surface area contributed by atoms with E-state index in [0.29, 0.717) is 32.8 Å². The molecule has 0 unspecified atom stereocenters. The molecule has 0 radical (unpaired) electrons. The highest BCUT2D eigenvalue weighted by atomic mass is 32.2. The van der Waals surface area contributed by atoms with Gasteiger partial charge in [0.25, 0.3) is 11.5 Å². The monoisotopic (exact) mass is 436 g/mol. The molecule has 8 heteroatoms. The van der Waals surface area contributed by atoms with Crippen LogP contribution in [0.15, 0.2) is 64.4 Å². The van der Waals surface area contributed by atoms with Crippen LogP contribution in [0.1, 0.15) is 25.0 Å². The van der Waals surface area contributed by atoms with E-state index in [2.05, 4.69) is 10.3 Å². The minimum atomic E-state index is -0.244. The molecule has 3 heterocycles. The summed E-state index contributed by atoms with van der Waals surface area (Å²) in [5, 5.41) is 3.26. The SMILES string of the molecule is CC(C)N1C(=O)/C(=C/c2c(NCc3ccccc3)nc3ccccn3c2=O)SC1=S. The summed E-state index contributed by atoms with van der Waals surface area (Å²) in [7, 11) is 0. The number of hydrogen-bond acceptors (Lipinski definition) is 6. The van der Waals surface area contributed by atoms with Gasteiger partial charge in [0.05, 0.1) is 10.5 Å². The average Bonchev–Trinajstić information content (AvgIpc) is 3.02. The Hall–Kier alpha value is -2.97. The summed E-state index contributed by atoms with van der Waals surface area (Å²) >= 11 is 6.56. The average molecular weight is 437 g/mol. The summed E-state index contributed by atoms with van der Waals surface area (Å²) in [4.78, 5) is 32.7. The molecule has 1 aromatic carbocycles. The first-order chi connectivity index (χ1) is 14.5. The Labute approximate surface area is 183 Å². The van der Waals surface area contributed by atoms with Crippen LogP contribution in [0.5, 0.6) is 0 Å². The number of aromatic nitrogens is 2. The van der Waals surface area contributed by atoms with Crippen LogP contribution in [0.4, 0.5) is 5.82 Å². The molecule has 6 nitrogen and oxygen atoms in total. The Kier molecular flexibility index (Phi) is 5.69. The number of hydrogen-bond donors (Lipinski definition) is 1. The highest BCUT2D eigenvalue weighted by Gasteiger charge is 2.34. The van der Waals surface area contributed by atoms with Crippen LogP contribution in [0.25, 0.3) is 11.7 Å². The van der Waals surface area contributed by atoms with Gasteiger partial charge in [-0.05, 0) is 37.6 Å². The first-order valence-corrected chi connectivity index (χ1v) is 10.7. The van der Waals surface area contributed by atoms with Crippen LogP contribution >= 0.6 is 24.0 Å². The van der Waals surface area contributed by atoms with Crippen molar-refractivity contribution in [2.75, 3.05) is 5.32 Å². The highest BCUT2D eigenvalue weighted by Crippen LogP contribution is 2.34. The van der Waals surface area contributed by atoms with Crippen molar-refractivity contribution in [1.82, 2.24) is 14.3 Å². The maximum Gasteiger partial charge on any atom is 0.267 e. The Morgan fingerprint density at radius 2 is 1.87 bits per heavy atom. The zero-order valence-corrected chi connectivity index (χ0v) is 18.2. The van der Waals surface area contributed by atoms with Crippen molar-refractivity contribution >= 4 is 51.7 Å². The van der Waals surface area contributed by atoms with E-state index in [1.165, 1.54) is 16.2 Å². The highest BCUT2D eigenvalue weighted by molar-refractivity contribution is 8.26. The van der Waals surface area contributed by atoms with Crippen molar-refractivity contribution in [3.05, 3.63) is 81.1 Å². The molecule has 1 fully saturated rings. The molecule has 1 saturated heterocycles. The molecule has 0 bridgehead atoms. The van der Waals surface area contributed by atoms with Crippen molar-refractivity contribution in [2.45, 2.75) is 26.4 Å². The van der Waals surface area contributed by atoms with E-state index in [4.69, 9.17) is 12.2 Å². The zero-order chi connectivity index (χ0) is 21.3. The Morgan fingerprint density at radius 1 is 1.13 bits per heavy atom. The second kappa shape index (κ2) is 8.41. The standard InChI is InChI=1S/C22H20N4O2S2/c1-14(2)26-21(28)17(30-22(26)29)12-16-19(23-13-15-8-4-3-5-9-15)24-18-10-6-7-11-25(18)20(16)27/h3-12,14,23H,13H2,1-2H3/b17-12-. The minimum absolute atomic E-state index is 0.0464. The number of thioether (sulfide) groups is 1. The third-order valence-electron chi connectivity index (χ3n) is 4.69. The van der Waals surface area contributed by atoms with Gasteiger partial charge in [-0.25, -0.2) is 4.98 Å². The summed E-state index contributed by atoms with van der Waals surface area (Å²) < 4.78 is 1.97. The van der Waals surface area contributed by atoms with Crippen molar-refractivity contribution < 1.29 is 4.79 Å². The van der Waals surface area contributed by atoms with Gasteiger partial charge in [0, 0.05) is 18.8 Å². The normalized spacial score (nSPS) is 15.6. The number of nitrogens with zero attached hydrogens (tertiary/aromatic N) is 3. The lowest BCUT2D eigenvalue weighted by molar-refractivity contribution is -0.123. The largest absolute Gasteiger partial charge is 0.365 e. The van der Waals surface area contributed by atoms with Crippen LogP contribution in [0, 0.1) is 0 Å². The predicted molar refractivity (Wildman–Crippen MR) is 125 cm³/mol. The van der Waals surface area contributed by atoms with Gasteiger partial charge in [-0.2, -0.15) is 0 Å². The smallest absolute Gasteiger partial charge is 0.267 e. The van der Waals surface area contributed by atoms with E-state index in [-0.39, 0.29) is 17.5 Å². The summed E-state index contributed by atoms with van der Waals surface area (Å²) in [6.45, 7) is 4.32. The van der Waals surface area contributed by atoms with Gasteiger partial charge < -0.3 is 5.32 Å². The minimum Gasteiger partial charge on any atom is -0.365 e. The van der Waals surface area contributed by atoms with Gasteiger partial charge in [0.1, 0.15) is 15.8 Å². The molecule has 30 heavy (non-hydrogen) atoms.